The van der Waals surface area contributed by atoms with Gasteiger partial charge in [-0.3, -0.25) is 4.79 Å². The number of nitrogens with zero attached hydrogens (tertiary/aromatic N) is 2. The van der Waals surface area contributed by atoms with Crippen LogP contribution in [0.1, 0.15) is 16.8 Å². The van der Waals surface area contributed by atoms with E-state index >= 15 is 0 Å². The minimum absolute atomic E-state index is 0.123. The van der Waals surface area contributed by atoms with Crippen molar-refractivity contribution in [2.45, 2.75) is 12.8 Å². The molecule has 5 nitrogen and oxygen atoms in total. The molecular weight excluding hydrogens is 275 g/mol. The van der Waals surface area contributed by atoms with Gasteiger partial charge in [-0.25, -0.2) is 0 Å². The molecule has 1 amide bonds. The van der Waals surface area contributed by atoms with Crippen molar-refractivity contribution < 1.29 is 22.7 Å². The Hall–Kier alpha value is -2.43. The van der Waals surface area contributed by atoms with E-state index in [1.165, 1.54) is 18.0 Å². The highest BCUT2D eigenvalue weighted by atomic mass is 19.4. The SMILES string of the molecule is CN(CCC#N)C(=O)c1ccc(OC(F)(F)F)c(N)c1. The average Bonchev–Trinajstić information content (AvgIpc) is 2.36. The number of alkyl halides is 3. The van der Waals surface area contributed by atoms with Gasteiger partial charge in [-0.1, -0.05) is 0 Å². The first kappa shape index (κ1) is 15.6. The van der Waals surface area contributed by atoms with Gasteiger partial charge in [0, 0.05) is 19.2 Å². The van der Waals surface area contributed by atoms with Crippen molar-refractivity contribution in [3.63, 3.8) is 0 Å². The number of halogens is 3. The summed E-state index contributed by atoms with van der Waals surface area (Å²) < 4.78 is 39.9. The van der Waals surface area contributed by atoms with Gasteiger partial charge in [-0.05, 0) is 18.2 Å². The van der Waals surface area contributed by atoms with E-state index in [9.17, 15) is 18.0 Å². The Kier molecular flexibility index (Phi) is 4.80. The van der Waals surface area contributed by atoms with Gasteiger partial charge in [0.25, 0.3) is 5.91 Å². The van der Waals surface area contributed by atoms with Crippen molar-refractivity contribution in [1.82, 2.24) is 4.90 Å². The summed E-state index contributed by atoms with van der Waals surface area (Å²) >= 11 is 0. The zero-order valence-electron chi connectivity index (χ0n) is 10.6. The lowest BCUT2D eigenvalue weighted by Gasteiger charge is -2.17. The topological polar surface area (TPSA) is 79.3 Å². The maximum atomic E-state index is 12.1. The van der Waals surface area contributed by atoms with Gasteiger partial charge in [0.1, 0.15) is 0 Å². The molecule has 0 heterocycles. The molecule has 0 aliphatic rings. The zero-order valence-corrected chi connectivity index (χ0v) is 10.6. The van der Waals surface area contributed by atoms with Crippen molar-refractivity contribution in [1.29, 1.82) is 5.26 Å². The number of ether oxygens (including phenoxy) is 1. The summed E-state index contributed by atoms with van der Waals surface area (Å²) in [6.45, 7) is 0.218. The van der Waals surface area contributed by atoms with E-state index in [1.54, 1.807) is 0 Å². The van der Waals surface area contributed by atoms with E-state index in [-0.39, 0.29) is 24.2 Å². The summed E-state index contributed by atoms with van der Waals surface area (Å²) in [5.41, 5.74) is 5.25. The molecule has 2 N–H and O–H groups in total. The monoisotopic (exact) mass is 287 g/mol. The maximum absolute atomic E-state index is 12.1. The highest BCUT2D eigenvalue weighted by Crippen LogP contribution is 2.29. The maximum Gasteiger partial charge on any atom is 0.573 e. The number of nitriles is 1. The van der Waals surface area contributed by atoms with Crippen LogP contribution in [0.4, 0.5) is 18.9 Å². The third-order valence-electron chi connectivity index (χ3n) is 2.39. The van der Waals surface area contributed by atoms with Crippen LogP contribution < -0.4 is 10.5 Å². The fourth-order valence-corrected chi connectivity index (χ4v) is 1.44. The summed E-state index contributed by atoms with van der Waals surface area (Å²) in [5.74, 6) is -1.00. The van der Waals surface area contributed by atoms with Crippen LogP contribution in [0.25, 0.3) is 0 Å². The smallest absolute Gasteiger partial charge is 0.404 e. The van der Waals surface area contributed by atoms with Crippen LogP contribution >= 0.6 is 0 Å². The van der Waals surface area contributed by atoms with E-state index in [0.717, 1.165) is 12.1 Å². The van der Waals surface area contributed by atoms with Crippen molar-refractivity contribution >= 4 is 11.6 Å². The molecule has 0 spiro atoms. The Morgan fingerprint density at radius 1 is 1.50 bits per heavy atom. The van der Waals surface area contributed by atoms with Gasteiger partial charge in [0.05, 0.1) is 18.2 Å². The van der Waals surface area contributed by atoms with E-state index in [0.29, 0.717) is 0 Å². The Balaban J connectivity index is 2.87. The third kappa shape index (κ3) is 4.35. The molecule has 0 bridgehead atoms. The molecule has 1 aromatic rings. The number of benzene rings is 1. The lowest BCUT2D eigenvalue weighted by molar-refractivity contribution is -0.274. The predicted octanol–water partition coefficient (Wildman–Crippen LogP) is 2.15. The number of carbonyl (C=O) groups excluding carboxylic acids is 1. The lowest BCUT2D eigenvalue weighted by Crippen LogP contribution is -2.27. The standard InChI is InChI=1S/C12H12F3N3O2/c1-18(6-2-5-16)11(19)8-3-4-10(9(17)7-8)20-12(13,14)15/h3-4,7H,2,6,17H2,1H3. The summed E-state index contributed by atoms with van der Waals surface area (Å²) in [5, 5.41) is 8.43. The van der Waals surface area contributed by atoms with E-state index in [2.05, 4.69) is 4.74 Å². The zero-order chi connectivity index (χ0) is 15.3. The van der Waals surface area contributed by atoms with Gasteiger partial charge in [0.15, 0.2) is 5.75 Å². The molecule has 8 heteroatoms. The minimum atomic E-state index is -4.84. The number of amides is 1. The first-order valence-corrected chi connectivity index (χ1v) is 5.52. The van der Waals surface area contributed by atoms with E-state index in [1.807, 2.05) is 6.07 Å². The van der Waals surface area contributed by atoms with E-state index in [4.69, 9.17) is 11.0 Å². The molecule has 0 saturated heterocycles. The fourth-order valence-electron chi connectivity index (χ4n) is 1.44. The summed E-state index contributed by atoms with van der Waals surface area (Å²) in [6.07, 6.45) is -4.68. The molecule has 1 aromatic carbocycles. The van der Waals surface area contributed by atoms with Crippen molar-refractivity contribution in [3.05, 3.63) is 23.8 Å². The molecular formula is C12H12F3N3O2. The second kappa shape index (κ2) is 6.14. The normalized spacial score (nSPS) is 10.8. The first-order valence-electron chi connectivity index (χ1n) is 5.52. The molecule has 0 saturated carbocycles. The van der Waals surface area contributed by atoms with Gasteiger partial charge < -0.3 is 15.4 Å². The molecule has 20 heavy (non-hydrogen) atoms. The van der Waals surface area contributed by atoms with Crippen molar-refractivity contribution in [2.75, 3.05) is 19.3 Å². The Labute approximate surface area is 113 Å². The van der Waals surface area contributed by atoms with Crippen LogP contribution in [0.5, 0.6) is 5.75 Å². The van der Waals surface area contributed by atoms with Crippen LogP contribution in [0.3, 0.4) is 0 Å². The van der Waals surface area contributed by atoms with E-state index < -0.39 is 18.0 Å². The highest BCUT2D eigenvalue weighted by Gasteiger charge is 2.32. The van der Waals surface area contributed by atoms with Crippen LogP contribution in [0.15, 0.2) is 18.2 Å². The van der Waals surface area contributed by atoms with Crippen LogP contribution in [0, 0.1) is 11.3 Å². The molecule has 0 fully saturated rings. The molecule has 0 aliphatic carbocycles. The first-order chi connectivity index (χ1) is 9.24. The molecule has 1 rings (SSSR count). The van der Waals surface area contributed by atoms with Crippen LogP contribution in [-0.4, -0.2) is 30.8 Å². The van der Waals surface area contributed by atoms with Gasteiger partial charge in [0.2, 0.25) is 0 Å². The van der Waals surface area contributed by atoms with Gasteiger partial charge in [-0.2, -0.15) is 5.26 Å². The van der Waals surface area contributed by atoms with Crippen molar-refractivity contribution in [2.24, 2.45) is 0 Å². The van der Waals surface area contributed by atoms with Crippen LogP contribution in [-0.2, 0) is 0 Å². The molecule has 108 valence electrons. The molecule has 0 unspecified atom stereocenters. The number of hydrogen-bond acceptors (Lipinski definition) is 4. The van der Waals surface area contributed by atoms with Gasteiger partial charge in [-0.15, -0.1) is 13.2 Å². The van der Waals surface area contributed by atoms with Gasteiger partial charge >= 0.3 is 6.36 Å². The molecule has 0 atom stereocenters. The lowest BCUT2D eigenvalue weighted by atomic mass is 10.1. The number of nitrogens with two attached hydrogens (primary N) is 1. The Morgan fingerprint density at radius 2 is 2.15 bits per heavy atom. The second-order valence-corrected chi connectivity index (χ2v) is 3.94. The second-order valence-electron chi connectivity index (χ2n) is 3.94. The summed E-state index contributed by atoms with van der Waals surface area (Å²) in [7, 11) is 1.48. The quantitative estimate of drug-likeness (QED) is 0.860. The molecule has 0 radical (unpaired) electrons. The number of rotatable bonds is 4. The van der Waals surface area contributed by atoms with Crippen molar-refractivity contribution in [3.8, 4) is 11.8 Å². The third-order valence-corrected chi connectivity index (χ3v) is 2.39. The van der Waals surface area contributed by atoms with Crippen LogP contribution in [0.2, 0.25) is 0 Å². The number of hydrogen-bond donors (Lipinski definition) is 1. The number of nitrogen functional groups attached to an aromatic ring is 1. The summed E-state index contributed by atoms with van der Waals surface area (Å²) in [6, 6.07) is 5.15. The Morgan fingerprint density at radius 3 is 2.65 bits per heavy atom. The highest BCUT2D eigenvalue weighted by molar-refractivity contribution is 5.95. The molecule has 0 aliphatic heterocycles. The number of carbonyl (C=O) groups is 1. The average molecular weight is 287 g/mol. The predicted molar refractivity (Wildman–Crippen MR) is 64.7 cm³/mol. The Bertz CT molecular complexity index is 538. The molecule has 0 aromatic heterocycles. The number of anilines is 1. The largest absolute Gasteiger partial charge is 0.573 e. The minimum Gasteiger partial charge on any atom is -0.404 e. The summed E-state index contributed by atoms with van der Waals surface area (Å²) in [4.78, 5) is 13.2. The fraction of sp³-hybridized carbons (Fsp3) is 0.333.